The van der Waals surface area contributed by atoms with Crippen molar-refractivity contribution in [1.29, 1.82) is 0 Å². The number of pyridine rings is 2. The van der Waals surface area contributed by atoms with Crippen LogP contribution in [0.15, 0.2) is 48.9 Å². The third-order valence-corrected chi connectivity index (χ3v) is 4.10. The lowest BCUT2D eigenvalue weighted by Gasteiger charge is -2.28. The first-order valence-electron chi connectivity index (χ1n) is 7.48. The van der Waals surface area contributed by atoms with Gasteiger partial charge in [-0.1, -0.05) is 0 Å². The number of H-pyrrole nitrogens is 2. The van der Waals surface area contributed by atoms with E-state index in [0.717, 1.165) is 13.1 Å². The van der Waals surface area contributed by atoms with E-state index >= 15 is 0 Å². The molecule has 0 amide bonds. The Morgan fingerprint density at radius 3 is 2.30 bits per heavy atom. The fraction of sp³-hybridized carbons (Fsp3) is 0.375. The van der Waals surface area contributed by atoms with Gasteiger partial charge in [-0.3, -0.25) is 0 Å². The van der Waals surface area contributed by atoms with Crippen molar-refractivity contribution >= 4 is 0 Å². The second kappa shape index (κ2) is 6.59. The van der Waals surface area contributed by atoms with Crippen molar-refractivity contribution in [3.05, 3.63) is 60.2 Å². The first-order chi connectivity index (χ1) is 9.90. The Morgan fingerprint density at radius 1 is 0.850 bits per heavy atom. The van der Waals surface area contributed by atoms with Crippen molar-refractivity contribution in [1.82, 2.24) is 0 Å². The van der Waals surface area contributed by atoms with Crippen LogP contribution in [-0.2, 0) is 13.1 Å². The SMILES string of the molecule is c1ccc(C[NH+]2CC[NH+](Cc3ccc[nH+]c3)CC2)[nH+]c1. The molecule has 4 nitrogen and oxygen atoms in total. The van der Waals surface area contributed by atoms with Gasteiger partial charge in [-0.25, -0.2) is 9.97 Å². The molecule has 2 aromatic rings. The molecule has 0 atom stereocenters. The molecule has 0 unspecified atom stereocenters. The highest BCUT2D eigenvalue weighted by Gasteiger charge is 2.24. The van der Waals surface area contributed by atoms with E-state index in [-0.39, 0.29) is 0 Å². The summed E-state index contributed by atoms with van der Waals surface area (Å²) in [5.41, 5.74) is 2.74. The van der Waals surface area contributed by atoms with Crippen LogP contribution >= 0.6 is 0 Å². The van der Waals surface area contributed by atoms with Crippen molar-refractivity contribution in [3.8, 4) is 0 Å². The summed E-state index contributed by atoms with van der Waals surface area (Å²) >= 11 is 0. The minimum absolute atomic E-state index is 1.12. The summed E-state index contributed by atoms with van der Waals surface area (Å²) < 4.78 is 0. The first-order valence-corrected chi connectivity index (χ1v) is 7.48. The molecule has 3 heterocycles. The Bertz CT molecular complexity index is 457. The lowest BCUT2D eigenvalue weighted by Crippen LogP contribution is -3.27. The lowest BCUT2D eigenvalue weighted by molar-refractivity contribution is -1.03. The van der Waals surface area contributed by atoms with Crippen LogP contribution in [0.2, 0.25) is 0 Å². The van der Waals surface area contributed by atoms with Gasteiger partial charge in [-0.2, -0.15) is 0 Å². The summed E-state index contributed by atoms with van der Waals surface area (Å²) in [6.07, 6.45) is 6.10. The highest BCUT2D eigenvalue weighted by Crippen LogP contribution is 1.89. The zero-order chi connectivity index (χ0) is 13.6. The standard InChI is InChI=1S/C16H20N4/c1-2-7-18-16(5-1)14-20-10-8-19(9-11-20)13-15-4-3-6-17-12-15/h1-7,12H,8-11,13-14H2/p+4. The maximum atomic E-state index is 3.33. The summed E-state index contributed by atoms with van der Waals surface area (Å²) in [6, 6.07) is 10.6. The van der Waals surface area contributed by atoms with E-state index in [4.69, 9.17) is 0 Å². The molecule has 0 aromatic carbocycles. The molecule has 0 aliphatic carbocycles. The number of aromatic amines is 2. The predicted octanol–water partition coefficient (Wildman–Crippen LogP) is -2.20. The van der Waals surface area contributed by atoms with Crippen LogP contribution in [0.3, 0.4) is 0 Å². The van der Waals surface area contributed by atoms with Crippen molar-refractivity contribution in [2.75, 3.05) is 26.2 Å². The van der Waals surface area contributed by atoms with Gasteiger partial charge in [0.05, 0.1) is 5.56 Å². The zero-order valence-electron chi connectivity index (χ0n) is 11.9. The monoisotopic (exact) mass is 272 g/mol. The largest absolute Gasteiger partial charge is 0.322 e. The second-order valence-corrected chi connectivity index (χ2v) is 5.65. The summed E-state index contributed by atoms with van der Waals surface area (Å²) in [5.74, 6) is 0. The van der Waals surface area contributed by atoms with E-state index < -0.39 is 0 Å². The van der Waals surface area contributed by atoms with E-state index in [1.165, 1.54) is 37.4 Å². The molecule has 0 spiro atoms. The van der Waals surface area contributed by atoms with Gasteiger partial charge in [0.2, 0.25) is 5.69 Å². The molecule has 20 heavy (non-hydrogen) atoms. The number of rotatable bonds is 4. The summed E-state index contributed by atoms with van der Waals surface area (Å²) in [7, 11) is 0. The minimum Gasteiger partial charge on any atom is -0.322 e. The number of piperazine rings is 1. The molecule has 1 aliphatic heterocycles. The molecule has 104 valence electrons. The minimum atomic E-state index is 1.12. The van der Waals surface area contributed by atoms with Crippen LogP contribution in [0, 0.1) is 0 Å². The van der Waals surface area contributed by atoms with Crippen LogP contribution in [0.1, 0.15) is 11.3 Å². The third kappa shape index (κ3) is 3.62. The van der Waals surface area contributed by atoms with Crippen LogP contribution in [-0.4, -0.2) is 26.2 Å². The molecule has 0 bridgehead atoms. The van der Waals surface area contributed by atoms with Gasteiger partial charge < -0.3 is 9.80 Å². The topological polar surface area (TPSA) is 37.2 Å². The van der Waals surface area contributed by atoms with E-state index in [1.807, 2.05) is 18.5 Å². The van der Waals surface area contributed by atoms with Crippen LogP contribution in [0.4, 0.5) is 0 Å². The predicted molar refractivity (Wildman–Crippen MR) is 74.8 cm³/mol. The maximum absolute atomic E-state index is 3.33. The highest BCUT2D eigenvalue weighted by atomic mass is 15.3. The number of quaternary nitrogens is 2. The van der Waals surface area contributed by atoms with Crippen molar-refractivity contribution in [2.24, 2.45) is 0 Å². The van der Waals surface area contributed by atoms with Gasteiger partial charge in [0.15, 0.2) is 25.1 Å². The fourth-order valence-electron chi connectivity index (χ4n) is 2.95. The van der Waals surface area contributed by atoms with E-state index in [9.17, 15) is 0 Å². The summed E-state index contributed by atoms with van der Waals surface area (Å²) in [5, 5.41) is 0. The van der Waals surface area contributed by atoms with Crippen molar-refractivity contribution in [2.45, 2.75) is 13.1 Å². The molecule has 2 aromatic heterocycles. The quantitative estimate of drug-likeness (QED) is 0.634. The van der Waals surface area contributed by atoms with Crippen LogP contribution in [0.25, 0.3) is 0 Å². The van der Waals surface area contributed by atoms with Crippen molar-refractivity contribution < 1.29 is 19.8 Å². The van der Waals surface area contributed by atoms with Crippen LogP contribution in [0.5, 0.6) is 0 Å². The molecule has 3 rings (SSSR count). The number of hydrogen-bond donors (Lipinski definition) is 2. The van der Waals surface area contributed by atoms with Gasteiger partial charge in [0.25, 0.3) is 0 Å². The van der Waals surface area contributed by atoms with Gasteiger partial charge in [0.1, 0.15) is 32.7 Å². The molecular formula is C16H24N4+4. The fourth-order valence-corrected chi connectivity index (χ4v) is 2.95. The number of nitrogens with one attached hydrogen (secondary N) is 4. The zero-order valence-corrected chi connectivity index (χ0v) is 11.9. The summed E-state index contributed by atoms with van der Waals surface area (Å²) in [6.45, 7) is 7.30. The van der Waals surface area contributed by atoms with Gasteiger partial charge in [-0.15, -0.1) is 0 Å². The van der Waals surface area contributed by atoms with E-state index in [2.05, 4.69) is 40.4 Å². The maximum Gasteiger partial charge on any atom is 0.234 e. The van der Waals surface area contributed by atoms with E-state index in [0.29, 0.717) is 0 Å². The summed E-state index contributed by atoms with van der Waals surface area (Å²) in [4.78, 5) is 9.89. The van der Waals surface area contributed by atoms with Gasteiger partial charge in [-0.05, 0) is 12.1 Å². The molecular weight excluding hydrogens is 248 g/mol. The highest BCUT2D eigenvalue weighted by molar-refractivity contribution is 5.02. The molecule has 4 N–H and O–H groups in total. The molecule has 0 radical (unpaired) electrons. The Kier molecular flexibility index (Phi) is 4.35. The molecule has 1 saturated heterocycles. The smallest absolute Gasteiger partial charge is 0.234 e. The molecule has 4 heteroatoms. The van der Waals surface area contributed by atoms with E-state index in [1.54, 1.807) is 9.80 Å². The Labute approximate surface area is 120 Å². The average Bonchev–Trinajstić information content (AvgIpc) is 2.51. The second-order valence-electron chi connectivity index (χ2n) is 5.65. The van der Waals surface area contributed by atoms with Gasteiger partial charge >= 0.3 is 0 Å². The number of hydrogen-bond acceptors (Lipinski definition) is 0. The Morgan fingerprint density at radius 2 is 1.65 bits per heavy atom. The average molecular weight is 272 g/mol. The molecule has 1 fully saturated rings. The molecule has 1 aliphatic rings. The number of aromatic nitrogens is 2. The van der Waals surface area contributed by atoms with Gasteiger partial charge in [0, 0.05) is 18.2 Å². The Hall–Kier alpha value is -1.78. The van der Waals surface area contributed by atoms with Crippen molar-refractivity contribution in [3.63, 3.8) is 0 Å². The third-order valence-electron chi connectivity index (χ3n) is 4.10. The normalized spacial score (nSPS) is 22.6. The lowest BCUT2D eigenvalue weighted by atomic mass is 10.2. The Balaban J connectivity index is 1.47. The molecule has 0 saturated carbocycles. The van der Waals surface area contributed by atoms with Crippen LogP contribution < -0.4 is 19.8 Å². The first kappa shape index (κ1) is 13.2.